The summed E-state index contributed by atoms with van der Waals surface area (Å²) >= 11 is 6.25. The van der Waals surface area contributed by atoms with E-state index < -0.39 is 13.3 Å². The molecule has 0 spiro atoms. The fourth-order valence-corrected chi connectivity index (χ4v) is 6.48. The number of nitrogens with zero attached hydrogens (tertiary/aromatic N) is 1. The van der Waals surface area contributed by atoms with E-state index in [0.717, 1.165) is 15.9 Å². The summed E-state index contributed by atoms with van der Waals surface area (Å²) in [4.78, 5) is 16.4. The highest BCUT2D eigenvalue weighted by molar-refractivity contribution is 7.75. The number of hydrogen-bond acceptors (Lipinski definition) is 4. The molecule has 7 nitrogen and oxygen atoms in total. The molecule has 2 aromatic heterocycles. The zero-order chi connectivity index (χ0) is 25.8. The maximum atomic E-state index is 14.4. The summed E-state index contributed by atoms with van der Waals surface area (Å²) in [6, 6.07) is 14.2. The quantitative estimate of drug-likeness (QED) is 0.196. The topological polar surface area (TPSA) is 95.3 Å². The van der Waals surface area contributed by atoms with Gasteiger partial charge >= 0.3 is 0 Å². The van der Waals surface area contributed by atoms with Gasteiger partial charge in [-0.15, -0.1) is 0 Å². The Kier molecular flexibility index (Phi) is 8.39. The van der Waals surface area contributed by atoms with Crippen LogP contribution in [0.5, 0.6) is 0 Å². The highest BCUT2D eigenvalue weighted by atomic mass is 35.5. The van der Waals surface area contributed by atoms with E-state index >= 15 is 0 Å². The van der Waals surface area contributed by atoms with Crippen molar-refractivity contribution in [1.82, 2.24) is 10.3 Å². The van der Waals surface area contributed by atoms with E-state index in [4.69, 9.17) is 16.1 Å². The summed E-state index contributed by atoms with van der Waals surface area (Å²) in [5, 5.41) is 14.2. The first-order valence-corrected chi connectivity index (χ1v) is 13.3. The van der Waals surface area contributed by atoms with Crippen LogP contribution in [0.25, 0.3) is 10.9 Å². The predicted octanol–water partition coefficient (Wildman–Crippen LogP) is 4.79. The Morgan fingerprint density at radius 3 is 2.46 bits per heavy atom. The van der Waals surface area contributed by atoms with E-state index in [-0.39, 0.29) is 17.5 Å². The van der Waals surface area contributed by atoms with Gasteiger partial charge in [0, 0.05) is 51.2 Å². The van der Waals surface area contributed by atoms with Gasteiger partial charge in [-0.05, 0) is 50.2 Å². The van der Waals surface area contributed by atoms with Crippen LogP contribution in [0, 0.1) is 13.8 Å². The van der Waals surface area contributed by atoms with E-state index in [1.54, 1.807) is 30.3 Å². The average molecular weight is 515 g/mol. The number of benzene rings is 2. The Bertz CT molecular complexity index is 1400. The molecule has 1 amide bonds. The van der Waals surface area contributed by atoms with Gasteiger partial charge in [0.1, 0.15) is 5.69 Å². The maximum absolute atomic E-state index is 14.4. The second-order valence-electron chi connectivity index (χ2n) is 7.89. The number of amides is 1. The average Bonchev–Trinajstić information content (AvgIpc) is 3.22. The fourth-order valence-electron chi connectivity index (χ4n) is 3.95. The summed E-state index contributed by atoms with van der Waals surface area (Å²) in [5.41, 5.74) is 3.33. The SMILES string of the molecule is CC.COP(=O)(c1cc(C)cc(C)c1)c1c(C(=O)NCc2ccc[n+](O)c2)[nH]c2ccc(Cl)cc12. The first-order chi connectivity index (χ1) is 16.7. The maximum Gasteiger partial charge on any atom is 0.268 e. The smallest absolute Gasteiger partial charge is 0.268 e. The van der Waals surface area contributed by atoms with Crippen LogP contribution in [-0.4, -0.2) is 23.2 Å². The number of aromatic nitrogens is 2. The van der Waals surface area contributed by atoms with E-state index in [1.165, 1.54) is 19.5 Å². The Hall–Kier alpha value is -3.12. The molecule has 1 unspecified atom stereocenters. The van der Waals surface area contributed by atoms with Gasteiger partial charge < -0.3 is 14.8 Å². The van der Waals surface area contributed by atoms with Crippen molar-refractivity contribution < 1.29 is 23.8 Å². The van der Waals surface area contributed by atoms with Crippen LogP contribution in [0.1, 0.15) is 41.0 Å². The van der Waals surface area contributed by atoms with Crippen molar-refractivity contribution in [2.24, 2.45) is 0 Å². The van der Waals surface area contributed by atoms with Gasteiger partial charge in [-0.2, -0.15) is 0 Å². The summed E-state index contributed by atoms with van der Waals surface area (Å²) in [6.07, 6.45) is 2.96. The molecule has 2 aromatic carbocycles. The number of H-pyrrole nitrogens is 1. The van der Waals surface area contributed by atoms with Crippen LogP contribution in [0.4, 0.5) is 0 Å². The molecule has 9 heteroatoms. The third-order valence-corrected chi connectivity index (χ3v) is 8.10. The van der Waals surface area contributed by atoms with Crippen molar-refractivity contribution in [3.63, 3.8) is 0 Å². The Morgan fingerprint density at radius 1 is 1.14 bits per heavy atom. The molecule has 2 heterocycles. The van der Waals surface area contributed by atoms with E-state index in [2.05, 4.69) is 10.3 Å². The van der Waals surface area contributed by atoms with Gasteiger partial charge in [0.15, 0.2) is 0 Å². The molecule has 1 atom stereocenters. The molecule has 0 radical (unpaired) electrons. The molecule has 0 aliphatic heterocycles. The van der Waals surface area contributed by atoms with Gasteiger partial charge in [0.25, 0.3) is 13.3 Å². The number of carbonyl (C=O) groups excluding carboxylic acids is 1. The number of halogens is 1. The van der Waals surface area contributed by atoms with Crippen LogP contribution >= 0.6 is 19.0 Å². The van der Waals surface area contributed by atoms with Crippen molar-refractivity contribution in [2.45, 2.75) is 34.2 Å². The fraction of sp³-hybridized carbons (Fsp3) is 0.231. The number of rotatable bonds is 6. The van der Waals surface area contributed by atoms with Crippen LogP contribution in [0.2, 0.25) is 5.02 Å². The number of aromatic amines is 1. The van der Waals surface area contributed by atoms with E-state index in [0.29, 0.717) is 26.8 Å². The summed E-state index contributed by atoms with van der Waals surface area (Å²) in [7, 11) is -2.28. The molecule has 0 saturated carbocycles. The van der Waals surface area contributed by atoms with Crippen molar-refractivity contribution in [1.29, 1.82) is 0 Å². The van der Waals surface area contributed by atoms with Gasteiger partial charge in [-0.25, -0.2) is 0 Å². The molecule has 35 heavy (non-hydrogen) atoms. The number of fused-ring (bicyclic) bond motifs is 1. The second kappa shape index (κ2) is 11.1. The highest BCUT2D eigenvalue weighted by Crippen LogP contribution is 2.47. The van der Waals surface area contributed by atoms with Gasteiger partial charge in [0.05, 0.1) is 5.30 Å². The lowest BCUT2D eigenvalue weighted by Gasteiger charge is -2.19. The monoisotopic (exact) mass is 514 g/mol. The summed E-state index contributed by atoms with van der Waals surface area (Å²) in [5.74, 6) is -0.452. The molecular weight excluding hydrogens is 485 g/mol. The molecule has 184 valence electrons. The first kappa shape index (κ1) is 26.5. The summed E-state index contributed by atoms with van der Waals surface area (Å²) < 4.78 is 21.0. The molecule has 0 saturated heterocycles. The van der Waals surface area contributed by atoms with E-state index in [1.807, 2.05) is 45.9 Å². The minimum absolute atomic E-state index is 0.143. The van der Waals surface area contributed by atoms with Crippen LogP contribution in [-0.2, 0) is 15.6 Å². The van der Waals surface area contributed by atoms with Crippen molar-refractivity contribution in [2.75, 3.05) is 7.11 Å². The normalized spacial score (nSPS) is 12.5. The standard InChI is InChI=1S/C24H23ClN3O4P.C2H6/c1-15-9-16(2)11-19(10-15)33(31,32-3)23-20-12-18(25)6-7-21(20)27-22(23)24(29)26-13-17-5-4-8-28(30)14-17;1-2/h4-12,14H,13H2,1-3H3,(H2-,26,27,29,30,31);1-2H3/p+1. The molecule has 4 aromatic rings. The predicted molar refractivity (Wildman–Crippen MR) is 139 cm³/mol. The van der Waals surface area contributed by atoms with Crippen molar-refractivity contribution in [3.05, 3.63) is 88.3 Å². The number of hydrogen-bond donors (Lipinski definition) is 3. The molecule has 0 fully saturated rings. The first-order valence-electron chi connectivity index (χ1n) is 11.3. The lowest BCUT2D eigenvalue weighted by Crippen LogP contribution is -2.32. The largest absolute Gasteiger partial charge is 0.350 e. The molecular formula is C26H30ClN3O4P+. The van der Waals surface area contributed by atoms with E-state index in [9.17, 15) is 14.6 Å². The molecule has 4 rings (SSSR count). The van der Waals surface area contributed by atoms with Crippen LogP contribution in [0.15, 0.2) is 60.9 Å². The Balaban J connectivity index is 0.00000167. The van der Waals surface area contributed by atoms with Crippen LogP contribution < -0.4 is 20.7 Å². The third kappa shape index (κ3) is 5.59. The second-order valence-corrected chi connectivity index (χ2v) is 10.8. The number of pyridine rings is 1. The number of aryl methyl sites for hydroxylation is 2. The number of nitrogens with one attached hydrogen (secondary N) is 2. The van der Waals surface area contributed by atoms with Gasteiger partial charge in [0.2, 0.25) is 12.4 Å². The molecule has 0 aliphatic rings. The van der Waals surface area contributed by atoms with Gasteiger partial charge in [-0.3, -0.25) is 14.6 Å². The third-order valence-electron chi connectivity index (χ3n) is 5.36. The number of carbonyl (C=O) groups is 1. The van der Waals surface area contributed by atoms with Crippen molar-refractivity contribution >= 4 is 46.4 Å². The minimum atomic E-state index is -3.67. The lowest BCUT2D eigenvalue weighted by molar-refractivity contribution is -0.905. The minimum Gasteiger partial charge on any atom is -0.350 e. The molecule has 0 aliphatic carbocycles. The zero-order valence-electron chi connectivity index (χ0n) is 20.4. The van der Waals surface area contributed by atoms with Crippen molar-refractivity contribution in [3.8, 4) is 0 Å². The molecule has 3 N–H and O–H groups in total. The zero-order valence-corrected chi connectivity index (χ0v) is 22.1. The summed E-state index contributed by atoms with van der Waals surface area (Å²) in [6.45, 7) is 8.00. The Labute approximate surface area is 210 Å². The lowest BCUT2D eigenvalue weighted by atomic mass is 10.2. The Morgan fingerprint density at radius 2 is 1.83 bits per heavy atom. The van der Waals surface area contributed by atoms with Gasteiger partial charge in [-0.1, -0.05) is 42.6 Å². The van der Waals surface area contributed by atoms with Crippen LogP contribution in [0.3, 0.4) is 0 Å². The highest BCUT2D eigenvalue weighted by Gasteiger charge is 2.36. The molecule has 0 bridgehead atoms.